The van der Waals surface area contributed by atoms with E-state index in [-0.39, 0.29) is 11.5 Å². The van der Waals surface area contributed by atoms with Crippen LogP contribution in [0.2, 0.25) is 0 Å². The van der Waals surface area contributed by atoms with Crippen LogP contribution >= 0.6 is 0 Å². The van der Waals surface area contributed by atoms with Gasteiger partial charge >= 0.3 is 0 Å². The fraction of sp³-hybridized carbons (Fsp3) is 0.111. The molecule has 2 nitrogen and oxygen atoms in total. The van der Waals surface area contributed by atoms with Crippen LogP contribution in [-0.2, 0) is 0 Å². The van der Waals surface area contributed by atoms with Gasteiger partial charge in [0, 0.05) is 6.07 Å². The molecule has 0 heterocycles. The van der Waals surface area contributed by atoms with Gasteiger partial charge in [0.2, 0.25) is 0 Å². The van der Waals surface area contributed by atoms with Gasteiger partial charge in [-0.25, -0.2) is 0 Å². The average molecular weight is 150 g/mol. The highest BCUT2D eigenvalue weighted by Gasteiger charge is 2.01. The molecule has 0 radical (unpaired) electrons. The Kier molecular flexibility index (Phi) is 1.85. The average Bonchev–Trinajstić information content (AvgIpc) is 1.96. The first-order valence-electron chi connectivity index (χ1n) is 3.30. The fourth-order valence-corrected chi connectivity index (χ4v) is 0.917. The Hall–Kier alpha value is -1.44. The second kappa shape index (κ2) is 2.66. The van der Waals surface area contributed by atoms with Crippen molar-refractivity contribution in [2.24, 2.45) is 0 Å². The van der Waals surface area contributed by atoms with E-state index in [1.807, 2.05) is 0 Å². The lowest BCUT2D eigenvalue weighted by molar-refractivity contribution is 0.447. The summed E-state index contributed by atoms with van der Waals surface area (Å²) in [6.45, 7) is 5.32. The van der Waals surface area contributed by atoms with Crippen molar-refractivity contribution in [1.82, 2.24) is 0 Å². The van der Waals surface area contributed by atoms with E-state index in [9.17, 15) is 5.11 Å². The molecule has 1 aromatic rings. The molecule has 0 aliphatic carbocycles. The summed E-state index contributed by atoms with van der Waals surface area (Å²) in [5.41, 5.74) is 1.49. The van der Waals surface area contributed by atoms with E-state index in [4.69, 9.17) is 5.11 Å². The zero-order valence-electron chi connectivity index (χ0n) is 6.33. The minimum absolute atomic E-state index is 0.0583. The van der Waals surface area contributed by atoms with Crippen molar-refractivity contribution in [3.8, 4) is 11.5 Å². The third-order valence-corrected chi connectivity index (χ3v) is 1.63. The van der Waals surface area contributed by atoms with Gasteiger partial charge in [0.1, 0.15) is 11.5 Å². The van der Waals surface area contributed by atoms with Crippen molar-refractivity contribution in [3.63, 3.8) is 0 Å². The molecule has 0 aromatic heterocycles. The van der Waals surface area contributed by atoms with Gasteiger partial charge in [-0.15, -0.1) is 0 Å². The summed E-state index contributed by atoms with van der Waals surface area (Å²) in [6, 6.07) is 2.87. The molecule has 58 valence electrons. The third kappa shape index (κ3) is 1.34. The second-order valence-electron chi connectivity index (χ2n) is 2.38. The van der Waals surface area contributed by atoms with Crippen molar-refractivity contribution in [2.75, 3.05) is 0 Å². The third-order valence-electron chi connectivity index (χ3n) is 1.63. The van der Waals surface area contributed by atoms with E-state index in [0.29, 0.717) is 0 Å². The summed E-state index contributed by atoms with van der Waals surface area (Å²) in [6.07, 6.45) is 1.59. The second-order valence-corrected chi connectivity index (χ2v) is 2.38. The molecule has 0 fully saturated rings. The first-order valence-corrected chi connectivity index (χ1v) is 3.30. The Labute approximate surface area is 65.4 Å². The number of hydrogen-bond acceptors (Lipinski definition) is 2. The van der Waals surface area contributed by atoms with Crippen LogP contribution in [0.15, 0.2) is 18.7 Å². The summed E-state index contributed by atoms with van der Waals surface area (Å²) < 4.78 is 0. The Bertz CT molecular complexity index is 290. The van der Waals surface area contributed by atoms with Crippen molar-refractivity contribution in [1.29, 1.82) is 0 Å². The number of benzene rings is 1. The standard InChI is InChI=1S/C9H10O2/c1-3-7-4-8(10)5-9(11)6(7)2/h3-5,10-11H,1H2,2H3. The molecule has 0 aliphatic heterocycles. The van der Waals surface area contributed by atoms with E-state index < -0.39 is 0 Å². The van der Waals surface area contributed by atoms with Gasteiger partial charge in [0.15, 0.2) is 0 Å². The molecule has 1 aromatic carbocycles. The van der Waals surface area contributed by atoms with Crippen molar-refractivity contribution >= 4 is 6.08 Å². The van der Waals surface area contributed by atoms with Crippen LogP contribution in [0.25, 0.3) is 6.08 Å². The van der Waals surface area contributed by atoms with Crippen molar-refractivity contribution < 1.29 is 10.2 Å². The van der Waals surface area contributed by atoms with E-state index in [0.717, 1.165) is 11.1 Å². The van der Waals surface area contributed by atoms with Gasteiger partial charge in [-0.1, -0.05) is 12.7 Å². The van der Waals surface area contributed by atoms with Crippen LogP contribution in [0.5, 0.6) is 11.5 Å². The summed E-state index contributed by atoms with van der Waals surface area (Å²) in [5, 5.41) is 18.2. The maximum atomic E-state index is 9.20. The quantitative estimate of drug-likeness (QED) is 0.643. The summed E-state index contributed by atoms with van der Waals surface area (Å²) in [4.78, 5) is 0. The summed E-state index contributed by atoms with van der Waals surface area (Å²) >= 11 is 0. The fourth-order valence-electron chi connectivity index (χ4n) is 0.917. The number of aromatic hydroxyl groups is 2. The van der Waals surface area contributed by atoms with Gasteiger partial charge < -0.3 is 10.2 Å². The maximum absolute atomic E-state index is 9.20. The lowest BCUT2D eigenvalue weighted by Crippen LogP contribution is -1.80. The number of rotatable bonds is 1. The lowest BCUT2D eigenvalue weighted by Gasteiger charge is -2.03. The van der Waals surface area contributed by atoms with Gasteiger partial charge in [-0.2, -0.15) is 0 Å². The van der Waals surface area contributed by atoms with Crippen LogP contribution in [0.1, 0.15) is 11.1 Å². The molecule has 0 unspecified atom stereocenters. The Morgan fingerprint density at radius 2 is 2.00 bits per heavy atom. The summed E-state index contributed by atoms with van der Waals surface area (Å²) in [5.74, 6) is 0.155. The van der Waals surface area contributed by atoms with Gasteiger partial charge in [-0.05, 0) is 24.1 Å². The van der Waals surface area contributed by atoms with Gasteiger partial charge in [0.05, 0.1) is 0 Å². The topological polar surface area (TPSA) is 40.5 Å². The summed E-state index contributed by atoms with van der Waals surface area (Å²) in [7, 11) is 0. The molecule has 1 rings (SSSR count). The zero-order chi connectivity index (χ0) is 8.43. The Balaban J connectivity index is 3.35. The zero-order valence-corrected chi connectivity index (χ0v) is 6.33. The SMILES string of the molecule is C=Cc1cc(O)cc(O)c1C. The number of phenolic OH excluding ortho intramolecular Hbond substituents is 2. The molecule has 0 spiro atoms. The monoisotopic (exact) mass is 150 g/mol. The molecule has 2 N–H and O–H groups in total. The lowest BCUT2D eigenvalue weighted by atomic mass is 10.1. The predicted octanol–water partition coefficient (Wildman–Crippen LogP) is 2.05. The highest BCUT2D eigenvalue weighted by molar-refractivity contribution is 5.58. The predicted molar refractivity (Wildman–Crippen MR) is 44.6 cm³/mol. The molecule has 0 atom stereocenters. The van der Waals surface area contributed by atoms with Crippen LogP contribution in [0, 0.1) is 6.92 Å². The molecule has 0 bridgehead atoms. The number of hydrogen-bond donors (Lipinski definition) is 2. The Morgan fingerprint density at radius 1 is 1.36 bits per heavy atom. The molecular formula is C9H10O2. The van der Waals surface area contributed by atoms with Gasteiger partial charge in [0.25, 0.3) is 0 Å². The first kappa shape index (κ1) is 7.66. The number of phenols is 2. The van der Waals surface area contributed by atoms with E-state index in [1.165, 1.54) is 6.07 Å². The molecule has 0 saturated heterocycles. The normalized spacial score (nSPS) is 9.55. The molecule has 2 heteroatoms. The van der Waals surface area contributed by atoms with Crippen molar-refractivity contribution in [3.05, 3.63) is 29.8 Å². The largest absolute Gasteiger partial charge is 0.508 e. The minimum atomic E-state index is 0.0583. The van der Waals surface area contributed by atoms with Crippen molar-refractivity contribution in [2.45, 2.75) is 6.92 Å². The van der Waals surface area contributed by atoms with Crippen LogP contribution < -0.4 is 0 Å². The minimum Gasteiger partial charge on any atom is -0.508 e. The van der Waals surface area contributed by atoms with Crippen LogP contribution in [0.4, 0.5) is 0 Å². The molecule has 0 amide bonds. The first-order chi connectivity index (χ1) is 5.15. The Morgan fingerprint density at radius 3 is 2.55 bits per heavy atom. The highest BCUT2D eigenvalue weighted by atomic mass is 16.3. The van der Waals surface area contributed by atoms with E-state index in [1.54, 1.807) is 19.1 Å². The molecule has 11 heavy (non-hydrogen) atoms. The molecule has 0 aliphatic rings. The van der Waals surface area contributed by atoms with Gasteiger partial charge in [-0.3, -0.25) is 0 Å². The van der Waals surface area contributed by atoms with Crippen LogP contribution in [0.3, 0.4) is 0 Å². The molecule has 0 saturated carbocycles. The smallest absolute Gasteiger partial charge is 0.122 e. The van der Waals surface area contributed by atoms with E-state index in [2.05, 4.69) is 6.58 Å². The highest BCUT2D eigenvalue weighted by Crippen LogP contribution is 2.26. The maximum Gasteiger partial charge on any atom is 0.122 e. The van der Waals surface area contributed by atoms with Crippen LogP contribution in [-0.4, -0.2) is 10.2 Å². The molecular weight excluding hydrogens is 140 g/mol. The van der Waals surface area contributed by atoms with E-state index >= 15 is 0 Å².